The highest BCUT2D eigenvalue weighted by atomic mass is 35.5. The van der Waals surface area contributed by atoms with Crippen molar-refractivity contribution in [1.82, 2.24) is 4.90 Å². The molecule has 0 aromatic heterocycles. The first-order valence-corrected chi connectivity index (χ1v) is 9.37. The zero-order valence-electron chi connectivity index (χ0n) is 15.6. The van der Waals surface area contributed by atoms with E-state index < -0.39 is 11.2 Å². The third-order valence-corrected chi connectivity index (χ3v) is 5.99. The lowest BCUT2D eigenvalue weighted by Crippen LogP contribution is -2.55. The minimum absolute atomic E-state index is 0.127. The van der Waals surface area contributed by atoms with Crippen molar-refractivity contribution in [3.05, 3.63) is 34.3 Å². The first kappa shape index (κ1) is 18.5. The highest BCUT2D eigenvalue weighted by Gasteiger charge is 2.56. The zero-order chi connectivity index (χ0) is 18.5. The molecule has 1 aromatic rings. The van der Waals surface area contributed by atoms with E-state index >= 15 is 0 Å². The first-order valence-electron chi connectivity index (χ1n) is 9.00. The molecule has 1 saturated carbocycles. The second kappa shape index (κ2) is 6.17. The largest absolute Gasteiger partial charge is 0.444 e. The standard InChI is InChI=1S/C20H28ClNO3/c1-14-15(6-5-7-16(14)21)20(24)12-19(13-20)8-10-22(11-9-19)17(23)25-18(2,3)4/h5-7,24H,8-13H2,1-4H3. The Morgan fingerprint density at radius 1 is 1.24 bits per heavy atom. The van der Waals surface area contributed by atoms with Gasteiger partial charge in [-0.25, -0.2) is 4.79 Å². The number of rotatable bonds is 1. The predicted molar refractivity (Wildman–Crippen MR) is 98.8 cm³/mol. The van der Waals surface area contributed by atoms with Crippen molar-refractivity contribution >= 4 is 17.7 Å². The van der Waals surface area contributed by atoms with E-state index in [1.807, 2.05) is 45.9 Å². The average Bonchev–Trinajstić information content (AvgIpc) is 2.47. The van der Waals surface area contributed by atoms with E-state index in [1.54, 1.807) is 4.90 Å². The topological polar surface area (TPSA) is 49.8 Å². The van der Waals surface area contributed by atoms with Crippen LogP contribution in [-0.4, -0.2) is 34.8 Å². The molecule has 1 saturated heterocycles. The number of hydrogen-bond donors (Lipinski definition) is 1. The Morgan fingerprint density at radius 2 is 1.84 bits per heavy atom. The summed E-state index contributed by atoms with van der Waals surface area (Å²) in [5, 5.41) is 11.8. The summed E-state index contributed by atoms with van der Waals surface area (Å²) in [5.74, 6) is 0. The second-order valence-electron chi connectivity index (χ2n) is 8.76. The number of carbonyl (C=O) groups excluding carboxylic acids is 1. The number of ether oxygens (including phenoxy) is 1. The number of halogens is 1. The van der Waals surface area contributed by atoms with Crippen molar-refractivity contribution in [2.75, 3.05) is 13.1 Å². The lowest BCUT2D eigenvalue weighted by atomic mass is 9.53. The summed E-state index contributed by atoms with van der Waals surface area (Å²) >= 11 is 6.22. The average molecular weight is 366 g/mol. The Hall–Kier alpha value is -1.26. The van der Waals surface area contributed by atoms with E-state index in [4.69, 9.17) is 16.3 Å². The molecule has 1 amide bonds. The summed E-state index contributed by atoms with van der Waals surface area (Å²) in [6, 6.07) is 5.74. The molecule has 25 heavy (non-hydrogen) atoms. The first-order chi connectivity index (χ1) is 11.5. The highest BCUT2D eigenvalue weighted by molar-refractivity contribution is 6.31. The molecule has 3 rings (SSSR count). The Labute approximate surface area is 155 Å². The summed E-state index contributed by atoms with van der Waals surface area (Å²) in [5.41, 5.74) is 0.783. The van der Waals surface area contributed by atoms with Gasteiger partial charge in [0.2, 0.25) is 0 Å². The number of nitrogens with zero attached hydrogens (tertiary/aromatic N) is 1. The van der Waals surface area contributed by atoms with Crippen LogP contribution in [0, 0.1) is 12.3 Å². The molecule has 1 N–H and O–H groups in total. The van der Waals surface area contributed by atoms with Crippen molar-refractivity contribution in [2.45, 2.75) is 64.6 Å². The SMILES string of the molecule is Cc1c(Cl)cccc1C1(O)CC2(CCN(C(=O)OC(C)(C)C)CC2)C1. The van der Waals surface area contributed by atoms with Crippen molar-refractivity contribution in [3.8, 4) is 0 Å². The van der Waals surface area contributed by atoms with Crippen LogP contribution < -0.4 is 0 Å². The fourth-order valence-electron chi connectivity index (χ4n) is 4.33. The van der Waals surface area contributed by atoms with Gasteiger partial charge >= 0.3 is 6.09 Å². The fourth-order valence-corrected chi connectivity index (χ4v) is 4.51. The van der Waals surface area contributed by atoms with Crippen molar-refractivity contribution in [1.29, 1.82) is 0 Å². The third kappa shape index (κ3) is 3.65. The molecule has 138 valence electrons. The van der Waals surface area contributed by atoms with Gasteiger partial charge in [-0.3, -0.25) is 0 Å². The molecular weight excluding hydrogens is 338 g/mol. The van der Waals surface area contributed by atoms with Gasteiger partial charge in [0.05, 0.1) is 5.60 Å². The van der Waals surface area contributed by atoms with Gasteiger partial charge < -0.3 is 14.7 Å². The molecule has 0 radical (unpaired) electrons. The van der Waals surface area contributed by atoms with Crippen molar-refractivity contribution in [3.63, 3.8) is 0 Å². The Bertz CT molecular complexity index is 664. The van der Waals surface area contributed by atoms with Gasteiger partial charge in [0, 0.05) is 18.1 Å². The number of piperidine rings is 1. The van der Waals surface area contributed by atoms with E-state index in [0.717, 1.165) is 36.8 Å². The van der Waals surface area contributed by atoms with Gasteiger partial charge in [-0.15, -0.1) is 0 Å². The van der Waals surface area contributed by atoms with Gasteiger partial charge in [0.1, 0.15) is 5.60 Å². The molecule has 1 aliphatic carbocycles. The Kier molecular flexibility index (Phi) is 4.57. The summed E-state index contributed by atoms with van der Waals surface area (Å²) in [6.07, 6.45) is 3.07. The van der Waals surface area contributed by atoms with Crippen LogP contribution in [0.2, 0.25) is 5.02 Å². The smallest absolute Gasteiger partial charge is 0.410 e. The Morgan fingerprint density at radius 3 is 2.40 bits per heavy atom. The van der Waals surface area contributed by atoms with Crippen LogP contribution in [0.3, 0.4) is 0 Å². The molecule has 1 heterocycles. The quantitative estimate of drug-likeness (QED) is 0.788. The number of amides is 1. The maximum Gasteiger partial charge on any atom is 0.410 e. The molecule has 2 fully saturated rings. The minimum atomic E-state index is -0.789. The lowest BCUT2D eigenvalue weighted by molar-refractivity contribution is -0.154. The maximum atomic E-state index is 12.2. The molecule has 4 nitrogen and oxygen atoms in total. The Balaban J connectivity index is 1.61. The zero-order valence-corrected chi connectivity index (χ0v) is 16.3. The normalized spacial score (nSPS) is 21.8. The van der Waals surface area contributed by atoms with Crippen LogP contribution in [0.15, 0.2) is 18.2 Å². The van der Waals surface area contributed by atoms with E-state index in [1.165, 1.54) is 0 Å². The highest BCUT2D eigenvalue weighted by Crippen LogP contribution is 2.59. The maximum absolute atomic E-state index is 12.2. The molecule has 0 atom stereocenters. The number of carbonyl (C=O) groups is 1. The summed E-state index contributed by atoms with van der Waals surface area (Å²) < 4.78 is 5.46. The monoisotopic (exact) mass is 365 g/mol. The minimum Gasteiger partial charge on any atom is -0.444 e. The van der Waals surface area contributed by atoms with Gasteiger partial charge in [-0.05, 0) is 76.0 Å². The molecule has 0 bridgehead atoms. The van der Waals surface area contributed by atoms with Crippen LogP contribution in [-0.2, 0) is 10.3 Å². The number of benzene rings is 1. The third-order valence-electron chi connectivity index (χ3n) is 5.58. The van der Waals surface area contributed by atoms with Gasteiger partial charge in [0.25, 0.3) is 0 Å². The van der Waals surface area contributed by atoms with E-state index in [-0.39, 0.29) is 11.5 Å². The van der Waals surface area contributed by atoms with Crippen LogP contribution in [0.5, 0.6) is 0 Å². The molecule has 2 aliphatic rings. The van der Waals surface area contributed by atoms with Crippen LogP contribution in [0.4, 0.5) is 4.79 Å². The van der Waals surface area contributed by atoms with Crippen molar-refractivity contribution < 1.29 is 14.6 Å². The van der Waals surface area contributed by atoms with Crippen LogP contribution >= 0.6 is 11.6 Å². The summed E-state index contributed by atoms with van der Waals surface area (Å²) in [6.45, 7) is 9.01. The molecule has 1 spiro atoms. The lowest BCUT2D eigenvalue weighted by Gasteiger charge is -2.57. The van der Waals surface area contributed by atoms with Crippen LogP contribution in [0.1, 0.15) is 57.6 Å². The van der Waals surface area contributed by atoms with Crippen molar-refractivity contribution in [2.24, 2.45) is 5.41 Å². The summed E-state index contributed by atoms with van der Waals surface area (Å²) in [7, 11) is 0. The van der Waals surface area contributed by atoms with Gasteiger partial charge in [0.15, 0.2) is 0 Å². The fraction of sp³-hybridized carbons (Fsp3) is 0.650. The molecule has 5 heteroatoms. The summed E-state index contributed by atoms with van der Waals surface area (Å²) in [4.78, 5) is 14.0. The molecule has 1 aromatic carbocycles. The van der Waals surface area contributed by atoms with E-state index in [9.17, 15) is 9.90 Å². The molecule has 1 aliphatic heterocycles. The second-order valence-corrected chi connectivity index (χ2v) is 9.17. The van der Waals surface area contributed by atoms with Gasteiger partial charge in [-0.2, -0.15) is 0 Å². The predicted octanol–water partition coefficient (Wildman–Crippen LogP) is 4.65. The van der Waals surface area contributed by atoms with E-state index in [0.29, 0.717) is 18.1 Å². The number of likely N-dealkylation sites (tertiary alicyclic amines) is 1. The van der Waals surface area contributed by atoms with Crippen LogP contribution in [0.25, 0.3) is 0 Å². The molecular formula is C20H28ClNO3. The number of hydrogen-bond acceptors (Lipinski definition) is 3. The van der Waals surface area contributed by atoms with Gasteiger partial charge in [-0.1, -0.05) is 23.7 Å². The van der Waals surface area contributed by atoms with E-state index in [2.05, 4.69) is 0 Å². The molecule has 0 unspecified atom stereocenters. The number of aliphatic hydroxyl groups is 1.